The fourth-order valence-corrected chi connectivity index (χ4v) is 5.84. The molecule has 0 saturated heterocycles. The molecule has 0 amide bonds. The van der Waals surface area contributed by atoms with Gasteiger partial charge in [0.2, 0.25) is 0 Å². The van der Waals surface area contributed by atoms with E-state index in [1.165, 1.54) is 25.7 Å². The van der Waals surface area contributed by atoms with Crippen molar-refractivity contribution in [3.63, 3.8) is 0 Å². The molecule has 1 heteroatoms. The van der Waals surface area contributed by atoms with Crippen LogP contribution in [0.25, 0.3) is 5.32 Å². The quantitative estimate of drug-likeness (QED) is 0.635. The predicted molar refractivity (Wildman–Crippen MR) is 73.1 cm³/mol. The second kappa shape index (κ2) is 3.50. The Hall–Kier alpha value is -0.0400. The summed E-state index contributed by atoms with van der Waals surface area (Å²) < 4.78 is 0. The van der Waals surface area contributed by atoms with E-state index in [9.17, 15) is 0 Å². The molecule has 6 unspecified atom stereocenters. The van der Waals surface area contributed by atoms with Crippen molar-refractivity contribution >= 4 is 0 Å². The Morgan fingerprint density at radius 3 is 2.35 bits per heavy atom. The zero-order valence-corrected chi connectivity index (χ0v) is 12.2. The molecule has 3 fully saturated rings. The first-order valence-electron chi connectivity index (χ1n) is 7.52. The van der Waals surface area contributed by atoms with E-state index in [0.717, 1.165) is 23.7 Å². The molecular formula is C16H28N-. The van der Waals surface area contributed by atoms with Gasteiger partial charge in [0.15, 0.2) is 0 Å². The Morgan fingerprint density at radius 2 is 1.71 bits per heavy atom. The summed E-state index contributed by atoms with van der Waals surface area (Å²) in [5.41, 5.74) is 1.15. The SMILES string of the molecule is C[N-]C1CCC(C)C2C3C(CCC12C)C3(C)C. The topological polar surface area (TPSA) is 14.1 Å². The molecule has 0 aromatic heterocycles. The number of nitrogens with zero attached hydrogens (tertiary/aromatic N) is 1. The van der Waals surface area contributed by atoms with Crippen LogP contribution in [0.5, 0.6) is 0 Å². The summed E-state index contributed by atoms with van der Waals surface area (Å²) in [4.78, 5) is 0. The maximum atomic E-state index is 4.74. The summed E-state index contributed by atoms with van der Waals surface area (Å²) in [6.07, 6.45) is 5.63. The maximum absolute atomic E-state index is 4.74. The van der Waals surface area contributed by atoms with Crippen molar-refractivity contribution in [2.75, 3.05) is 7.05 Å². The molecule has 0 N–H and O–H groups in total. The molecule has 98 valence electrons. The van der Waals surface area contributed by atoms with Crippen molar-refractivity contribution in [1.82, 2.24) is 0 Å². The van der Waals surface area contributed by atoms with Crippen LogP contribution in [0.2, 0.25) is 0 Å². The molecule has 0 spiro atoms. The van der Waals surface area contributed by atoms with E-state index in [2.05, 4.69) is 27.7 Å². The Kier molecular flexibility index (Phi) is 2.47. The molecule has 0 bridgehead atoms. The van der Waals surface area contributed by atoms with Gasteiger partial charge in [0.25, 0.3) is 0 Å². The van der Waals surface area contributed by atoms with Crippen LogP contribution in [0, 0.1) is 34.5 Å². The normalized spacial score (nSPS) is 55.9. The number of hydrogen-bond donors (Lipinski definition) is 0. The highest BCUT2D eigenvalue weighted by molar-refractivity contribution is 5.19. The fourth-order valence-electron chi connectivity index (χ4n) is 5.84. The van der Waals surface area contributed by atoms with Crippen molar-refractivity contribution < 1.29 is 0 Å². The third kappa shape index (κ3) is 1.41. The van der Waals surface area contributed by atoms with E-state index < -0.39 is 0 Å². The van der Waals surface area contributed by atoms with Gasteiger partial charge in [0.05, 0.1) is 0 Å². The molecule has 17 heavy (non-hydrogen) atoms. The van der Waals surface area contributed by atoms with E-state index in [0.29, 0.717) is 16.9 Å². The lowest BCUT2D eigenvalue weighted by Gasteiger charge is -2.58. The van der Waals surface area contributed by atoms with E-state index in [1.807, 2.05) is 7.05 Å². The minimum Gasteiger partial charge on any atom is -0.662 e. The smallest absolute Gasteiger partial charge is 0.0289 e. The molecule has 3 saturated carbocycles. The lowest BCUT2D eigenvalue weighted by molar-refractivity contribution is 0.00149. The summed E-state index contributed by atoms with van der Waals surface area (Å²) in [5.74, 6) is 3.89. The van der Waals surface area contributed by atoms with Crippen LogP contribution >= 0.6 is 0 Å². The average Bonchev–Trinajstić information content (AvgIpc) is 2.81. The Labute approximate surface area is 107 Å². The van der Waals surface area contributed by atoms with E-state index in [1.54, 1.807) is 0 Å². The van der Waals surface area contributed by atoms with Crippen LogP contribution in [-0.4, -0.2) is 13.1 Å². The van der Waals surface area contributed by atoms with E-state index in [4.69, 9.17) is 5.32 Å². The summed E-state index contributed by atoms with van der Waals surface area (Å²) in [6, 6.07) is 0.640. The molecule has 0 aliphatic heterocycles. The van der Waals surface area contributed by atoms with Crippen molar-refractivity contribution in [2.24, 2.45) is 34.5 Å². The van der Waals surface area contributed by atoms with Gasteiger partial charge >= 0.3 is 0 Å². The number of fused-ring (bicyclic) bond motifs is 3. The van der Waals surface area contributed by atoms with Gasteiger partial charge in [-0.05, 0) is 47.3 Å². The van der Waals surface area contributed by atoms with Gasteiger partial charge in [-0.25, -0.2) is 0 Å². The van der Waals surface area contributed by atoms with Crippen LogP contribution in [0.4, 0.5) is 0 Å². The van der Waals surface area contributed by atoms with Crippen molar-refractivity contribution in [3.8, 4) is 0 Å². The molecule has 0 radical (unpaired) electrons. The van der Waals surface area contributed by atoms with Crippen LogP contribution in [0.3, 0.4) is 0 Å². The van der Waals surface area contributed by atoms with Crippen molar-refractivity contribution in [2.45, 2.75) is 59.4 Å². The van der Waals surface area contributed by atoms with Gasteiger partial charge < -0.3 is 5.32 Å². The van der Waals surface area contributed by atoms with Crippen LogP contribution in [0.1, 0.15) is 53.4 Å². The first-order valence-corrected chi connectivity index (χ1v) is 7.52. The number of hydrogen-bond acceptors (Lipinski definition) is 0. The third-order valence-electron chi connectivity index (χ3n) is 6.86. The largest absolute Gasteiger partial charge is 0.662 e. The first kappa shape index (κ1) is 12.0. The summed E-state index contributed by atoms with van der Waals surface area (Å²) in [5, 5.41) is 4.74. The first-order chi connectivity index (χ1) is 7.93. The monoisotopic (exact) mass is 234 g/mol. The molecule has 3 aliphatic carbocycles. The fraction of sp³-hybridized carbons (Fsp3) is 1.00. The molecule has 3 aliphatic rings. The van der Waals surface area contributed by atoms with Gasteiger partial charge in [0.1, 0.15) is 0 Å². The third-order valence-corrected chi connectivity index (χ3v) is 6.86. The zero-order chi connectivity index (χ0) is 12.4. The highest BCUT2D eigenvalue weighted by Crippen LogP contribution is 2.74. The molecule has 3 rings (SSSR count). The van der Waals surface area contributed by atoms with Crippen LogP contribution in [-0.2, 0) is 0 Å². The number of rotatable bonds is 1. The molecule has 0 aromatic rings. The minimum absolute atomic E-state index is 0.515. The second-order valence-corrected chi connectivity index (χ2v) is 7.85. The van der Waals surface area contributed by atoms with Crippen molar-refractivity contribution in [3.05, 3.63) is 5.32 Å². The van der Waals surface area contributed by atoms with E-state index in [-0.39, 0.29) is 0 Å². The second-order valence-electron chi connectivity index (χ2n) is 7.85. The molecule has 1 nitrogen and oxygen atoms in total. The van der Waals surface area contributed by atoms with Gasteiger partial charge in [-0.1, -0.05) is 40.5 Å². The van der Waals surface area contributed by atoms with Crippen LogP contribution in [0.15, 0.2) is 0 Å². The van der Waals surface area contributed by atoms with Crippen LogP contribution < -0.4 is 0 Å². The Bertz CT molecular complexity index is 321. The average molecular weight is 234 g/mol. The lowest BCUT2D eigenvalue weighted by Crippen LogP contribution is -2.48. The molecule has 0 aromatic carbocycles. The Morgan fingerprint density at radius 1 is 1.00 bits per heavy atom. The predicted octanol–water partition coefficient (Wildman–Crippen LogP) is 4.48. The maximum Gasteiger partial charge on any atom is -0.0289 e. The van der Waals surface area contributed by atoms with Gasteiger partial charge in [-0.15, -0.1) is 6.04 Å². The highest BCUT2D eigenvalue weighted by atomic mass is 14.9. The standard InChI is InChI=1S/C16H28N/c1-10-6-7-12(17-5)16(4)9-8-11-14(13(10)16)15(11,2)3/h10-14H,6-9H2,1-5H3/q-1. The molecular weight excluding hydrogens is 206 g/mol. The molecule has 6 atom stereocenters. The van der Waals surface area contributed by atoms with Crippen molar-refractivity contribution in [1.29, 1.82) is 0 Å². The zero-order valence-electron chi connectivity index (χ0n) is 12.2. The molecule has 0 heterocycles. The summed E-state index contributed by atoms with van der Waals surface area (Å²) in [6.45, 7) is 10.1. The van der Waals surface area contributed by atoms with Gasteiger partial charge in [-0.2, -0.15) is 7.05 Å². The summed E-state index contributed by atoms with van der Waals surface area (Å²) >= 11 is 0. The summed E-state index contributed by atoms with van der Waals surface area (Å²) in [7, 11) is 2.05. The van der Waals surface area contributed by atoms with E-state index >= 15 is 0 Å². The Balaban J connectivity index is 1.94. The van der Waals surface area contributed by atoms with Gasteiger partial charge in [-0.3, -0.25) is 0 Å². The van der Waals surface area contributed by atoms with Gasteiger partial charge in [0, 0.05) is 0 Å². The highest BCUT2D eigenvalue weighted by Gasteiger charge is 2.67. The lowest BCUT2D eigenvalue weighted by atomic mass is 9.54. The minimum atomic E-state index is 0.515.